The number of amides is 1. The van der Waals surface area contributed by atoms with Gasteiger partial charge >= 0.3 is 5.97 Å². The predicted octanol–water partition coefficient (Wildman–Crippen LogP) is 2.86. The number of aromatic amines is 1. The summed E-state index contributed by atoms with van der Waals surface area (Å²) in [5, 5.41) is 12.8. The maximum atomic E-state index is 11.8. The topological polar surface area (TPSA) is 82.2 Å². The van der Waals surface area contributed by atoms with Crippen molar-refractivity contribution in [1.29, 1.82) is 0 Å². The average molecular weight is 326 g/mol. The van der Waals surface area contributed by atoms with Crippen LogP contribution in [0.25, 0.3) is 10.9 Å². The number of benzene rings is 1. The molecule has 1 aromatic heterocycles. The number of unbranched alkanes of at least 4 members (excludes halogenated alkanes) is 3. The van der Waals surface area contributed by atoms with Gasteiger partial charge in [0.15, 0.2) is 0 Å². The lowest BCUT2D eigenvalue weighted by molar-refractivity contribution is -0.141. The molecule has 0 fully saturated rings. The van der Waals surface area contributed by atoms with Gasteiger partial charge in [0.25, 0.3) is 5.91 Å². The van der Waals surface area contributed by atoms with Crippen LogP contribution in [0.5, 0.6) is 0 Å². The van der Waals surface area contributed by atoms with E-state index in [0.717, 1.165) is 35.7 Å². The van der Waals surface area contributed by atoms with Crippen LogP contribution >= 0.6 is 0 Å². The van der Waals surface area contributed by atoms with Gasteiger partial charge in [-0.25, -0.2) is 4.79 Å². The maximum absolute atomic E-state index is 11.8. The Morgan fingerprint density at radius 1 is 1.29 bits per heavy atom. The molecule has 126 valence electrons. The largest absolute Gasteiger partial charge is 0.480 e. The number of nitrogens with one attached hydrogen (secondary N) is 2. The van der Waals surface area contributed by atoms with E-state index in [2.05, 4.69) is 29.1 Å². The number of hydrogen-bond donors (Lipinski definition) is 3. The Balaban J connectivity index is 1.99. The summed E-state index contributed by atoms with van der Waals surface area (Å²) in [4.78, 5) is 26.4. The fourth-order valence-electron chi connectivity index (χ4n) is 2.52. The van der Waals surface area contributed by atoms with Crippen molar-refractivity contribution in [3.05, 3.63) is 36.0 Å². The molecule has 1 unspecified atom stereocenters. The van der Waals surface area contributed by atoms with Crippen LogP contribution in [0.1, 0.15) is 38.2 Å². The lowest BCUT2D eigenvalue weighted by Crippen LogP contribution is -2.41. The SMILES string of the molecule is CCCCCC#CC(=O)NC(Cc1c[nH]c2ccccc12)C(=O)O. The van der Waals surface area contributed by atoms with Crippen molar-refractivity contribution in [3.63, 3.8) is 0 Å². The van der Waals surface area contributed by atoms with E-state index in [0.29, 0.717) is 6.42 Å². The first kappa shape index (κ1) is 17.6. The lowest BCUT2D eigenvalue weighted by Gasteiger charge is -2.12. The number of para-hydroxylation sites is 1. The van der Waals surface area contributed by atoms with Crippen LogP contribution in [-0.2, 0) is 16.0 Å². The van der Waals surface area contributed by atoms with Gasteiger partial charge in [-0.15, -0.1) is 0 Å². The summed E-state index contributed by atoms with van der Waals surface area (Å²) in [5.41, 5.74) is 1.80. The van der Waals surface area contributed by atoms with Gasteiger partial charge in [0.1, 0.15) is 6.04 Å². The lowest BCUT2D eigenvalue weighted by atomic mass is 10.1. The summed E-state index contributed by atoms with van der Waals surface area (Å²) >= 11 is 0. The molecule has 0 aliphatic rings. The van der Waals surface area contributed by atoms with E-state index in [9.17, 15) is 14.7 Å². The number of H-pyrrole nitrogens is 1. The van der Waals surface area contributed by atoms with Crippen molar-refractivity contribution in [1.82, 2.24) is 10.3 Å². The maximum Gasteiger partial charge on any atom is 0.326 e. The van der Waals surface area contributed by atoms with Crippen LogP contribution in [0.15, 0.2) is 30.5 Å². The third-order valence-corrected chi connectivity index (χ3v) is 3.81. The summed E-state index contributed by atoms with van der Waals surface area (Å²) in [5.74, 6) is 3.65. The van der Waals surface area contributed by atoms with Gasteiger partial charge in [-0.1, -0.05) is 43.9 Å². The summed E-state index contributed by atoms with van der Waals surface area (Å²) in [6.07, 6.45) is 5.77. The van der Waals surface area contributed by atoms with Crippen LogP contribution < -0.4 is 5.32 Å². The van der Waals surface area contributed by atoms with Gasteiger partial charge in [-0.3, -0.25) is 4.79 Å². The molecule has 1 heterocycles. The van der Waals surface area contributed by atoms with E-state index in [1.807, 2.05) is 24.3 Å². The van der Waals surface area contributed by atoms with Crippen LogP contribution in [0, 0.1) is 11.8 Å². The highest BCUT2D eigenvalue weighted by Crippen LogP contribution is 2.19. The molecule has 0 saturated heterocycles. The van der Waals surface area contributed by atoms with Crippen molar-refractivity contribution in [2.24, 2.45) is 0 Å². The molecule has 2 rings (SSSR count). The van der Waals surface area contributed by atoms with E-state index in [-0.39, 0.29) is 6.42 Å². The summed E-state index contributed by atoms with van der Waals surface area (Å²) in [7, 11) is 0. The average Bonchev–Trinajstić information content (AvgIpc) is 2.97. The second-order valence-corrected chi connectivity index (χ2v) is 5.69. The number of aromatic nitrogens is 1. The Morgan fingerprint density at radius 2 is 2.08 bits per heavy atom. The Hall–Kier alpha value is -2.74. The first-order valence-corrected chi connectivity index (χ1v) is 8.19. The Labute approximate surface area is 141 Å². The zero-order chi connectivity index (χ0) is 17.4. The molecule has 0 radical (unpaired) electrons. The van der Waals surface area contributed by atoms with E-state index in [1.54, 1.807) is 6.20 Å². The minimum absolute atomic E-state index is 0.211. The summed E-state index contributed by atoms with van der Waals surface area (Å²) < 4.78 is 0. The molecule has 0 saturated carbocycles. The molecule has 0 bridgehead atoms. The zero-order valence-electron chi connectivity index (χ0n) is 13.8. The molecule has 0 aliphatic heterocycles. The second kappa shape index (κ2) is 8.78. The van der Waals surface area contributed by atoms with E-state index in [4.69, 9.17) is 0 Å². The third kappa shape index (κ3) is 4.88. The smallest absolute Gasteiger partial charge is 0.326 e. The number of carbonyl (C=O) groups is 2. The van der Waals surface area contributed by atoms with Gasteiger partial charge in [-0.05, 0) is 24.0 Å². The number of aliphatic carboxylic acids is 1. The molecule has 1 amide bonds. The Morgan fingerprint density at radius 3 is 2.83 bits per heavy atom. The fraction of sp³-hybridized carbons (Fsp3) is 0.368. The number of carboxylic acid groups (broad SMARTS) is 1. The molecule has 1 atom stereocenters. The molecule has 5 nitrogen and oxygen atoms in total. The highest BCUT2D eigenvalue weighted by Gasteiger charge is 2.21. The second-order valence-electron chi connectivity index (χ2n) is 5.69. The molecule has 2 aromatic rings. The van der Waals surface area contributed by atoms with E-state index >= 15 is 0 Å². The van der Waals surface area contributed by atoms with Crippen molar-refractivity contribution in [2.75, 3.05) is 0 Å². The standard InChI is InChI=1S/C19H22N2O3/c1-2-3-4-5-6-11-18(22)21-17(19(23)24)12-14-13-20-16-10-8-7-9-15(14)16/h7-10,13,17,20H,2-5,12H2,1H3,(H,21,22)(H,23,24). The van der Waals surface area contributed by atoms with Crippen LogP contribution in [0.3, 0.4) is 0 Å². The van der Waals surface area contributed by atoms with Crippen LogP contribution in [-0.4, -0.2) is 28.0 Å². The summed E-state index contributed by atoms with van der Waals surface area (Å²) in [6.45, 7) is 2.10. The number of hydrogen-bond acceptors (Lipinski definition) is 2. The molecular weight excluding hydrogens is 304 g/mol. The van der Waals surface area contributed by atoms with Crippen molar-refractivity contribution in [2.45, 2.75) is 45.1 Å². The number of fused-ring (bicyclic) bond motifs is 1. The first-order valence-electron chi connectivity index (χ1n) is 8.19. The van der Waals surface area contributed by atoms with Gasteiger partial charge < -0.3 is 15.4 Å². The molecule has 5 heteroatoms. The van der Waals surface area contributed by atoms with Crippen molar-refractivity contribution >= 4 is 22.8 Å². The van der Waals surface area contributed by atoms with Crippen molar-refractivity contribution < 1.29 is 14.7 Å². The highest BCUT2D eigenvalue weighted by atomic mass is 16.4. The minimum Gasteiger partial charge on any atom is -0.480 e. The number of carboxylic acids is 1. The van der Waals surface area contributed by atoms with Crippen molar-refractivity contribution in [3.8, 4) is 11.8 Å². The molecule has 1 aromatic carbocycles. The van der Waals surface area contributed by atoms with Crippen LogP contribution in [0.4, 0.5) is 0 Å². The minimum atomic E-state index is -1.07. The van der Waals surface area contributed by atoms with Gasteiger partial charge in [0.2, 0.25) is 0 Å². The normalized spacial score (nSPS) is 11.5. The fourth-order valence-corrected chi connectivity index (χ4v) is 2.52. The number of carbonyl (C=O) groups excluding carboxylic acids is 1. The Kier molecular flexibility index (Phi) is 6.44. The molecule has 24 heavy (non-hydrogen) atoms. The molecule has 3 N–H and O–H groups in total. The summed E-state index contributed by atoms with van der Waals surface area (Å²) in [6, 6.07) is 6.66. The molecular formula is C19H22N2O3. The van der Waals surface area contributed by atoms with E-state index in [1.165, 1.54) is 0 Å². The number of rotatable bonds is 7. The molecule has 0 spiro atoms. The third-order valence-electron chi connectivity index (χ3n) is 3.81. The van der Waals surface area contributed by atoms with Crippen LogP contribution in [0.2, 0.25) is 0 Å². The van der Waals surface area contributed by atoms with Gasteiger partial charge in [0, 0.05) is 29.9 Å². The highest BCUT2D eigenvalue weighted by molar-refractivity contribution is 5.96. The van der Waals surface area contributed by atoms with E-state index < -0.39 is 17.9 Å². The zero-order valence-corrected chi connectivity index (χ0v) is 13.8. The first-order chi connectivity index (χ1) is 11.6. The quantitative estimate of drug-likeness (QED) is 0.540. The van der Waals surface area contributed by atoms with Gasteiger partial charge in [-0.2, -0.15) is 0 Å². The predicted molar refractivity (Wildman–Crippen MR) is 93.5 cm³/mol. The Bertz CT molecular complexity index is 768. The monoisotopic (exact) mass is 326 g/mol. The molecule has 0 aliphatic carbocycles. The van der Waals surface area contributed by atoms with Gasteiger partial charge in [0.05, 0.1) is 0 Å².